The van der Waals surface area contributed by atoms with E-state index in [0.717, 1.165) is 12.8 Å². The quantitative estimate of drug-likeness (QED) is 0.824. The Morgan fingerprint density at radius 2 is 1.91 bits per heavy atom. The number of amides is 2. The lowest BCUT2D eigenvalue weighted by Gasteiger charge is -2.43. The molecule has 5 heteroatoms. The summed E-state index contributed by atoms with van der Waals surface area (Å²) < 4.78 is 0. The Hall–Kier alpha value is -1.10. The van der Waals surface area contributed by atoms with Gasteiger partial charge in [-0.15, -0.1) is 0 Å². The average molecular weight is 307 g/mol. The van der Waals surface area contributed by atoms with E-state index < -0.39 is 0 Å². The molecular weight excluding hydrogens is 278 g/mol. The maximum absolute atomic E-state index is 12.6. The lowest BCUT2D eigenvalue weighted by molar-refractivity contribution is -0.129. The molecule has 5 nitrogen and oxygen atoms in total. The second-order valence-corrected chi connectivity index (χ2v) is 7.75. The zero-order valence-corrected chi connectivity index (χ0v) is 13.8. The first kappa shape index (κ1) is 15.8. The van der Waals surface area contributed by atoms with Gasteiger partial charge in [-0.3, -0.25) is 9.59 Å². The van der Waals surface area contributed by atoms with Crippen molar-refractivity contribution in [2.24, 2.45) is 23.5 Å². The number of likely N-dealkylation sites (tertiary alicyclic amines) is 1. The summed E-state index contributed by atoms with van der Waals surface area (Å²) >= 11 is 0. The fourth-order valence-corrected chi connectivity index (χ4v) is 4.65. The van der Waals surface area contributed by atoms with E-state index >= 15 is 0 Å². The molecule has 2 saturated carbocycles. The normalized spacial score (nSPS) is 38.5. The van der Waals surface area contributed by atoms with Gasteiger partial charge in [0.2, 0.25) is 11.8 Å². The fourth-order valence-electron chi connectivity index (χ4n) is 4.65. The van der Waals surface area contributed by atoms with E-state index in [1.807, 2.05) is 18.7 Å². The van der Waals surface area contributed by atoms with E-state index in [-0.39, 0.29) is 29.8 Å². The van der Waals surface area contributed by atoms with Crippen molar-refractivity contribution in [2.45, 2.75) is 70.5 Å². The monoisotopic (exact) mass is 307 g/mol. The van der Waals surface area contributed by atoms with Gasteiger partial charge in [-0.05, 0) is 51.4 Å². The first-order valence-corrected chi connectivity index (χ1v) is 8.81. The van der Waals surface area contributed by atoms with Crippen molar-refractivity contribution < 1.29 is 9.59 Å². The van der Waals surface area contributed by atoms with Crippen LogP contribution in [0.5, 0.6) is 0 Å². The van der Waals surface area contributed by atoms with Crippen molar-refractivity contribution in [1.29, 1.82) is 0 Å². The molecule has 3 N–H and O–H groups in total. The second kappa shape index (κ2) is 6.19. The van der Waals surface area contributed by atoms with E-state index in [1.165, 1.54) is 19.3 Å². The van der Waals surface area contributed by atoms with Gasteiger partial charge in [0.1, 0.15) is 0 Å². The highest BCUT2D eigenvalue weighted by Gasteiger charge is 2.41. The van der Waals surface area contributed by atoms with Crippen LogP contribution in [0.3, 0.4) is 0 Å². The van der Waals surface area contributed by atoms with Gasteiger partial charge >= 0.3 is 0 Å². The molecule has 0 radical (unpaired) electrons. The van der Waals surface area contributed by atoms with Gasteiger partial charge in [0, 0.05) is 31.0 Å². The molecule has 3 fully saturated rings. The third kappa shape index (κ3) is 3.00. The Morgan fingerprint density at radius 3 is 2.45 bits per heavy atom. The minimum Gasteiger partial charge on any atom is -0.351 e. The SMILES string of the molecule is CC(C)N1CC(NC(=O)C2CC3CCCC(C2)C3N)CC1=O. The van der Waals surface area contributed by atoms with Crippen molar-refractivity contribution in [3.05, 3.63) is 0 Å². The molecule has 2 bridgehead atoms. The zero-order chi connectivity index (χ0) is 15.9. The number of hydrogen-bond acceptors (Lipinski definition) is 3. The van der Waals surface area contributed by atoms with Gasteiger partial charge < -0.3 is 16.0 Å². The molecule has 3 atom stereocenters. The van der Waals surface area contributed by atoms with Gasteiger partial charge in [0.15, 0.2) is 0 Å². The third-order valence-electron chi connectivity index (χ3n) is 5.91. The van der Waals surface area contributed by atoms with Crippen LogP contribution in [-0.2, 0) is 9.59 Å². The van der Waals surface area contributed by atoms with E-state index in [1.54, 1.807) is 0 Å². The number of carbonyl (C=O) groups is 2. The number of fused-ring (bicyclic) bond motifs is 2. The van der Waals surface area contributed by atoms with Crippen molar-refractivity contribution in [3.63, 3.8) is 0 Å². The predicted octanol–water partition coefficient (Wildman–Crippen LogP) is 1.27. The Balaban J connectivity index is 1.56. The van der Waals surface area contributed by atoms with Crippen LogP contribution in [0.4, 0.5) is 0 Å². The fraction of sp³-hybridized carbons (Fsp3) is 0.882. The summed E-state index contributed by atoms with van der Waals surface area (Å²) in [7, 11) is 0. The number of carbonyl (C=O) groups excluding carboxylic acids is 2. The minimum atomic E-state index is -0.0159. The first-order valence-electron chi connectivity index (χ1n) is 8.81. The molecule has 0 aromatic carbocycles. The second-order valence-electron chi connectivity index (χ2n) is 7.75. The Morgan fingerprint density at radius 1 is 1.27 bits per heavy atom. The number of nitrogens with zero attached hydrogens (tertiary/aromatic N) is 1. The standard InChI is InChI=1S/C17H29N3O2/c1-10(2)20-9-14(8-15(20)21)19-17(22)13-6-11-4-3-5-12(7-13)16(11)18/h10-14,16H,3-9,18H2,1-2H3,(H,19,22). The van der Waals surface area contributed by atoms with Crippen LogP contribution in [0.2, 0.25) is 0 Å². The van der Waals surface area contributed by atoms with Gasteiger partial charge in [-0.2, -0.15) is 0 Å². The molecule has 1 saturated heterocycles. The topological polar surface area (TPSA) is 75.4 Å². The van der Waals surface area contributed by atoms with E-state index in [4.69, 9.17) is 5.73 Å². The molecule has 2 amide bonds. The number of nitrogens with two attached hydrogens (primary N) is 1. The van der Waals surface area contributed by atoms with E-state index in [2.05, 4.69) is 5.32 Å². The highest BCUT2D eigenvalue weighted by atomic mass is 16.2. The molecule has 0 aromatic heterocycles. The van der Waals surface area contributed by atoms with E-state index in [9.17, 15) is 9.59 Å². The van der Waals surface area contributed by atoms with Crippen molar-refractivity contribution >= 4 is 11.8 Å². The maximum atomic E-state index is 12.6. The molecule has 22 heavy (non-hydrogen) atoms. The van der Waals surface area contributed by atoms with Crippen LogP contribution >= 0.6 is 0 Å². The minimum absolute atomic E-state index is 0.0159. The molecule has 3 rings (SSSR count). The highest BCUT2D eigenvalue weighted by Crippen LogP contribution is 2.41. The van der Waals surface area contributed by atoms with Gasteiger partial charge in [-0.25, -0.2) is 0 Å². The van der Waals surface area contributed by atoms with Crippen LogP contribution in [0.25, 0.3) is 0 Å². The van der Waals surface area contributed by atoms with Crippen LogP contribution in [0.15, 0.2) is 0 Å². The summed E-state index contributed by atoms with van der Waals surface area (Å²) in [5, 5.41) is 3.13. The molecule has 2 aliphatic carbocycles. The van der Waals surface area contributed by atoms with Crippen LogP contribution in [-0.4, -0.2) is 41.4 Å². The lowest BCUT2D eigenvalue weighted by Crippen LogP contribution is -2.50. The van der Waals surface area contributed by atoms with Gasteiger partial charge in [0.05, 0.1) is 6.04 Å². The number of nitrogens with one attached hydrogen (secondary N) is 1. The molecule has 3 aliphatic rings. The summed E-state index contributed by atoms with van der Waals surface area (Å²) in [5.41, 5.74) is 6.30. The molecule has 3 unspecified atom stereocenters. The van der Waals surface area contributed by atoms with Crippen LogP contribution < -0.4 is 11.1 Å². The third-order valence-corrected chi connectivity index (χ3v) is 5.91. The summed E-state index contributed by atoms with van der Waals surface area (Å²) in [6.45, 7) is 4.69. The van der Waals surface area contributed by atoms with Crippen LogP contribution in [0.1, 0.15) is 52.4 Å². The summed E-state index contributed by atoms with van der Waals surface area (Å²) in [6, 6.07) is 0.488. The van der Waals surface area contributed by atoms with Crippen LogP contribution in [0, 0.1) is 17.8 Å². The van der Waals surface area contributed by atoms with E-state index in [0.29, 0.717) is 30.8 Å². The molecule has 0 aromatic rings. The first-order chi connectivity index (χ1) is 10.5. The number of rotatable bonds is 3. The Kier molecular flexibility index (Phi) is 4.44. The Labute approximate surface area is 133 Å². The summed E-state index contributed by atoms with van der Waals surface area (Å²) in [6.07, 6.45) is 5.91. The van der Waals surface area contributed by atoms with Gasteiger partial charge in [0.25, 0.3) is 0 Å². The van der Waals surface area contributed by atoms with Crippen molar-refractivity contribution in [1.82, 2.24) is 10.2 Å². The van der Waals surface area contributed by atoms with Crippen molar-refractivity contribution in [3.8, 4) is 0 Å². The lowest BCUT2D eigenvalue weighted by atomic mass is 9.65. The smallest absolute Gasteiger partial charge is 0.225 e. The highest BCUT2D eigenvalue weighted by molar-refractivity contribution is 5.83. The number of hydrogen-bond donors (Lipinski definition) is 2. The predicted molar refractivity (Wildman–Crippen MR) is 84.9 cm³/mol. The Bertz CT molecular complexity index is 437. The summed E-state index contributed by atoms with van der Waals surface area (Å²) in [4.78, 5) is 26.4. The van der Waals surface area contributed by atoms with Crippen molar-refractivity contribution in [2.75, 3.05) is 6.54 Å². The molecule has 0 spiro atoms. The van der Waals surface area contributed by atoms with Gasteiger partial charge in [-0.1, -0.05) is 6.42 Å². The molecule has 124 valence electrons. The largest absolute Gasteiger partial charge is 0.351 e. The molecule has 1 heterocycles. The zero-order valence-electron chi connectivity index (χ0n) is 13.8. The summed E-state index contributed by atoms with van der Waals surface area (Å²) in [5.74, 6) is 1.43. The molecular formula is C17H29N3O2. The average Bonchev–Trinajstić information content (AvgIpc) is 2.79. The maximum Gasteiger partial charge on any atom is 0.225 e. The molecule has 1 aliphatic heterocycles.